The van der Waals surface area contributed by atoms with E-state index >= 15 is 0 Å². The van der Waals surface area contributed by atoms with Crippen molar-refractivity contribution in [3.63, 3.8) is 0 Å². The van der Waals surface area contributed by atoms with Crippen LogP contribution in [0.1, 0.15) is 0 Å². The molecule has 9 heteroatoms. The molecule has 0 fully saturated rings. The molecule has 0 spiro atoms. The third-order valence-corrected chi connectivity index (χ3v) is 3.85. The lowest BCUT2D eigenvalue weighted by Gasteiger charge is -2.09. The number of hydrogen-bond donors (Lipinski definition) is 0. The summed E-state index contributed by atoms with van der Waals surface area (Å²) in [7, 11) is -3.40. The molecule has 0 aliphatic carbocycles. The Kier molecular flexibility index (Phi) is 4.97. The zero-order valence-corrected chi connectivity index (χ0v) is 13.6. The van der Waals surface area contributed by atoms with Crippen LogP contribution >= 0.6 is 15.9 Å². The second kappa shape index (κ2) is 6.57. The van der Waals surface area contributed by atoms with Gasteiger partial charge in [0.05, 0.1) is 6.20 Å². The van der Waals surface area contributed by atoms with Gasteiger partial charge in [-0.3, -0.25) is 0 Å². The minimum atomic E-state index is -3.40. The van der Waals surface area contributed by atoms with E-state index in [2.05, 4.69) is 25.7 Å². The Morgan fingerprint density at radius 2 is 1.82 bits per heavy atom. The fourth-order valence-electron chi connectivity index (χ4n) is 1.55. The van der Waals surface area contributed by atoms with Crippen LogP contribution in [0.5, 0.6) is 17.2 Å². The number of aromatic nitrogens is 1. The van der Waals surface area contributed by atoms with Gasteiger partial charge in [0.2, 0.25) is 0 Å². The second-order valence-corrected chi connectivity index (χ2v) is 7.09. The summed E-state index contributed by atoms with van der Waals surface area (Å²) in [6.07, 6.45) is 2.27. The Morgan fingerprint density at radius 1 is 1.14 bits per heavy atom. The van der Waals surface area contributed by atoms with Gasteiger partial charge in [-0.05, 0) is 24.3 Å². The minimum absolute atomic E-state index is 0.0694. The fraction of sp³-hybridized carbons (Fsp3) is 0.154. The Bertz CT molecular complexity index is 766. The van der Waals surface area contributed by atoms with Gasteiger partial charge in [-0.15, -0.1) is 0 Å². The van der Waals surface area contributed by atoms with Crippen LogP contribution < -0.4 is 9.47 Å². The monoisotopic (exact) mass is 393 g/mol. The summed E-state index contributed by atoms with van der Waals surface area (Å²) in [4.78, 5) is 3.76. The van der Waals surface area contributed by atoms with Gasteiger partial charge in [0.25, 0.3) is 0 Å². The molecule has 2 rings (SSSR count). The molecule has 118 valence electrons. The van der Waals surface area contributed by atoms with E-state index < -0.39 is 16.4 Å². The summed E-state index contributed by atoms with van der Waals surface area (Å²) in [6.45, 7) is -2.95. The molecule has 0 unspecified atom stereocenters. The predicted molar refractivity (Wildman–Crippen MR) is 78.2 cm³/mol. The second-order valence-electron chi connectivity index (χ2n) is 4.21. The molecule has 0 aliphatic heterocycles. The molecule has 1 aromatic carbocycles. The van der Waals surface area contributed by atoms with E-state index in [0.29, 0.717) is 4.47 Å². The lowest BCUT2D eigenvalue weighted by molar-refractivity contribution is -0.0499. The Labute approximate surface area is 133 Å². The lowest BCUT2D eigenvalue weighted by Crippen LogP contribution is -2.02. The van der Waals surface area contributed by atoms with E-state index in [0.717, 1.165) is 6.26 Å². The number of halogens is 3. The SMILES string of the molecule is CS(=O)(=O)c1ccc(Oc2cc(Br)cc(OC(F)F)c2)cn1. The maximum absolute atomic E-state index is 12.2. The maximum atomic E-state index is 12.2. The van der Waals surface area contributed by atoms with Crippen LogP contribution in [-0.4, -0.2) is 26.3 Å². The molecule has 0 radical (unpaired) electrons. The Hall–Kier alpha value is -1.74. The van der Waals surface area contributed by atoms with Gasteiger partial charge < -0.3 is 9.47 Å². The van der Waals surface area contributed by atoms with Crippen molar-refractivity contribution < 1.29 is 26.7 Å². The number of hydrogen-bond acceptors (Lipinski definition) is 5. The van der Waals surface area contributed by atoms with Gasteiger partial charge in [-0.2, -0.15) is 8.78 Å². The molecule has 0 saturated carbocycles. The number of ether oxygens (including phenoxy) is 2. The number of sulfone groups is 1. The van der Waals surface area contributed by atoms with Crippen molar-refractivity contribution in [1.82, 2.24) is 4.98 Å². The van der Waals surface area contributed by atoms with Crippen LogP contribution in [0.4, 0.5) is 8.78 Å². The van der Waals surface area contributed by atoms with Crippen molar-refractivity contribution in [3.05, 3.63) is 41.0 Å². The highest BCUT2D eigenvalue weighted by Gasteiger charge is 2.10. The molecular formula is C13H10BrF2NO4S. The summed E-state index contributed by atoms with van der Waals surface area (Å²) in [5.74, 6) is 0.424. The summed E-state index contributed by atoms with van der Waals surface area (Å²) < 4.78 is 57.3. The topological polar surface area (TPSA) is 65.5 Å². The molecule has 1 heterocycles. The normalized spacial score (nSPS) is 11.5. The van der Waals surface area contributed by atoms with Crippen LogP contribution in [0.25, 0.3) is 0 Å². The van der Waals surface area contributed by atoms with Crippen LogP contribution in [0.3, 0.4) is 0 Å². The highest BCUT2D eigenvalue weighted by Crippen LogP contribution is 2.30. The average molecular weight is 394 g/mol. The highest BCUT2D eigenvalue weighted by atomic mass is 79.9. The number of alkyl halides is 2. The summed E-state index contributed by atoms with van der Waals surface area (Å²) >= 11 is 3.15. The van der Waals surface area contributed by atoms with Crippen molar-refractivity contribution in [2.45, 2.75) is 11.6 Å². The molecule has 1 aromatic heterocycles. The third-order valence-electron chi connectivity index (χ3n) is 2.39. The van der Waals surface area contributed by atoms with Gasteiger partial charge >= 0.3 is 6.61 Å². The predicted octanol–water partition coefficient (Wildman–Crippen LogP) is 3.64. The molecule has 22 heavy (non-hydrogen) atoms. The van der Waals surface area contributed by atoms with Crippen molar-refractivity contribution in [2.75, 3.05) is 6.26 Å². The first-order valence-corrected chi connectivity index (χ1v) is 8.52. The highest BCUT2D eigenvalue weighted by molar-refractivity contribution is 9.10. The number of pyridine rings is 1. The van der Waals surface area contributed by atoms with Crippen molar-refractivity contribution in [2.24, 2.45) is 0 Å². The first-order valence-electron chi connectivity index (χ1n) is 5.83. The van der Waals surface area contributed by atoms with E-state index in [9.17, 15) is 17.2 Å². The molecule has 0 amide bonds. The first-order chi connectivity index (χ1) is 10.2. The quantitative estimate of drug-likeness (QED) is 0.775. The fourth-order valence-corrected chi connectivity index (χ4v) is 2.56. The van der Waals surface area contributed by atoms with E-state index in [1.165, 1.54) is 30.5 Å². The molecule has 0 N–H and O–H groups in total. The summed E-state index contributed by atoms with van der Waals surface area (Å²) in [5, 5.41) is -0.0872. The van der Waals surface area contributed by atoms with E-state index in [4.69, 9.17) is 4.74 Å². The Balaban J connectivity index is 2.21. The Morgan fingerprint density at radius 3 is 2.36 bits per heavy atom. The summed E-state index contributed by atoms with van der Waals surface area (Å²) in [6, 6.07) is 6.89. The van der Waals surface area contributed by atoms with Crippen LogP contribution in [0.15, 0.2) is 46.0 Å². The molecule has 0 bridgehead atoms. The molecule has 5 nitrogen and oxygen atoms in total. The molecular weight excluding hydrogens is 384 g/mol. The van der Waals surface area contributed by atoms with Crippen LogP contribution in [0, 0.1) is 0 Å². The smallest absolute Gasteiger partial charge is 0.387 e. The van der Waals surface area contributed by atoms with Crippen molar-refractivity contribution >= 4 is 25.8 Å². The standard InChI is InChI=1S/C13H10BrF2NO4S/c1-22(18,19)12-3-2-9(7-17-12)20-10-4-8(14)5-11(6-10)21-13(15)16/h2-7,13H,1H3. The molecule has 2 aromatic rings. The summed E-state index contributed by atoms with van der Waals surface area (Å²) in [5.41, 5.74) is 0. The third kappa shape index (κ3) is 4.63. The van der Waals surface area contributed by atoms with Gasteiger partial charge in [-0.1, -0.05) is 15.9 Å². The van der Waals surface area contributed by atoms with Crippen LogP contribution in [-0.2, 0) is 9.84 Å². The number of nitrogens with zero attached hydrogens (tertiary/aromatic N) is 1. The van der Waals surface area contributed by atoms with Crippen LogP contribution in [0.2, 0.25) is 0 Å². The molecule has 0 saturated heterocycles. The van der Waals surface area contributed by atoms with Crippen molar-refractivity contribution in [3.8, 4) is 17.2 Å². The molecule has 0 aliphatic rings. The first kappa shape index (κ1) is 16.6. The van der Waals surface area contributed by atoms with E-state index in [1.54, 1.807) is 6.07 Å². The lowest BCUT2D eigenvalue weighted by atomic mass is 10.3. The average Bonchev–Trinajstić information content (AvgIpc) is 2.36. The van der Waals surface area contributed by atoms with Gasteiger partial charge in [-0.25, -0.2) is 13.4 Å². The number of rotatable bonds is 5. The minimum Gasteiger partial charge on any atom is -0.456 e. The van der Waals surface area contributed by atoms with Gasteiger partial charge in [0, 0.05) is 16.8 Å². The maximum Gasteiger partial charge on any atom is 0.387 e. The van der Waals surface area contributed by atoms with Crippen molar-refractivity contribution in [1.29, 1.82) is 0 Å². The van der Waals surface area contributed by atoms with Gasteiger partial charge in [0.1, 0.15) is 17.2 Å². The zero-order chi connectivity index (χ0) is 16.3. The molecule has 0 atom stereocenters. The largest absolute Gasteiger partial charge is 0.456 e. The zero-order valence-electron chi connectivity index (χ0n) is 11.2. The van der Waals surface area contributed by atoms with E-state index in [1.807, 2.05) is 0 Å². The van der Waals surface area contributed by atoms with Gasteiger partial charge in [0.15, 0.2) is 14.9 Å². The van der Waals surface area contributed by atoms with E-state index in [-0.39, 0.29) is 22.3 Å². The number of benzene rings is 1.